The smallest absolute Gasteiger partial charge is 0.222 e. The zero-order chi connectivity index (χ0) is 13.7. The predicted molar refractivity (Wildman–Crippen MR) is 70.0 cm³/mol. The Labute approximate surface area is 105 Å². The van der Waals surface area contributed by atoms with Crippen LogP contribution < -0.4 is 0 Å². The monoisotopic (exact) mass is 245 g/mol. The van der Waals surface area contributed by atoms with E-state index in [1.54, 1.807) is 11.9 Å². The zero-order valence-electron chi connectivity index (χ0n) is 11.9. The maximum absolute atomic E-state index is 11.4. The molecule has 102 valence electrons. The van der Waals surface area contributed by atoms with E-state index in [1.165, 1.54) is 6.92 Å². The molecule has 0 saturated heterocycles. The highest BCUT2D eigenvalue weighted by molar-refractivity contribution is 5.76. The van der Waals surface area contributed by atoms with Gasteiger partial charge in [-0.1, -0.05) is 27.2 Å². The van der Waals surface area contributed by atoms with Crippen molar-refractivity contribution in [3.05, 3.63) is 0 Å². The van der Waals surface area contributed by atoms with Crippen LogP contribution in [-0.2, 0) is 14.3 Å². The van der Waals surface area contributed by atoms with Crippen molar-refractivity contribution >= 4 is 11.7 Å². The van der Waals surface area contributed by atoms with Gasteiger partial charge < -0.3 is 9.64 Å². The molecule has 4 nitrogen and oxygen atoms in total. The lowest BCUT2D eigenvalue weighted by atomic mass is 10.2. The predicted octanol–water partition coefficient (Wildman–Crippen LogP) is 2.27. The molecule has 0 spiro atoms. The fraction of sp³-hybridized carbons (Fsp3) is 0.846. The van der Waals surface area contributed by atoms with Gasteiger partial charge in [-0.05, 0) is 13.3 Å². The third-order valence-electron chi connectivity index (χ3n) is 2.05. The number of carbonyl (C=O) groups is 2. The number of ketones is 1. The molecule has 0 aromatic heterocycles. The second kappa shape index (κ2) is 13.2. The Kier molecular flexibility index (Phi) is 14.3. The molecule has 0 atom stereocenters. The summed E-state index contributed by atoms with van der Waals surface area (Å²) in [5.74, 6) is 0.151. The van der Waals surface area contributed by atoms with Gasteiger partial charge in [-0.15, -0.1) is 0 Å². The van der Waals surface area contributed by atoms with Crippen molar-refractivity contribution in [3.63, 3.8) is 0 Å². The molecule has 0 radical (unpaired) electrons. The van der Waals surface area contributed by atoms with E-state index >= 15 is 0 Å². The molecular weight excluding hydrogens is 218 g/mol. The standard InChI is InChI=1S/C11H21NO3.C2H6/c1-4-5-6-11(14)12(3)7-8-15-9-10(2)13;1-2/h4-9H2,1-3H3;1-2H3. The summed E-state index contributed by atoms with van der Waals surface area (Å²) in [5, 5.41) is 0. The van der Waals surface area contributed by atoms with Gasteiger partial charge in [-0.25, -0.2) is 0 Å². The number of hydrogen-bond donors (Lipinski definition) is 0. The molecule has 1 amide bonds. The Morgan fingerprint density at radius 1 is 1.24 bits per heavy atom. The molecule has 0 aromatic carbocycles. The van der Waals surface area contributed by atoms with E-state index in [1.807, 2.05) is 13.8 Å². The van der Waals surface area contributed by atoms with Gasteiger partial charge in [0.15, 0.2) is 5.78 Å². The van der Waals surface area contributed by atoms with Gasteiger partial charge in [0, 0.05) is 20.0 Å². The molecule has 0 N–H and O–H groups in total. The third kappa shape index (κ3) is 13.0. The highest BCUT2D eigenvalue weighted by Crippen LogP contribution is 1.98. The first-order chi connectivity index (χ1) is 8.07. The van der Waals surface area contributed by atoms with E-state index in [9.17, 15) is 9.59 Å². The van der Waals surface area contributed by atoms with Crippen LogP contribution in [0.3, 0.4) is 0 Å². The van der Waals surface area contributed by atoms with Crippen LogP contribution in [0.25, 0.3) is 0 Å². The Bertz CT molecular complexity index is 205. The fourth-order valence-corrected chi connectivity index (χ4v) is 1.06. The normalized spacial score (nSPS) is 9.24. The molecule has 0 heterocycles. The van der Waals surface area contributed by atoms with Gasteiger partial charge in [0.1, 0.15) is 6.61 Å². The molecule has 0 fully saturated rings. The highest BCUT2D eigenvalue weighted by Gasteiger charge is 2.07. The Morgan fingerprint density at radius 3 is 2.29 bits per heavy atom. The molecule has 0 bridgehead atoms. The van der Waals surface area contributed by atoms with E-state index in [0.717, 1.165) is 12.8 Å². The lowest BCUT2D eigenvalue weighted by molar-refractivity contribution is -0.130. The van der Waals surface area contributed by atoms with E-state index in [0.29, 0.717) is 19.6 Å². The van der Waals surface area contributed by atoms with Gasteiger partial charge in [0.2, 0.25) is 5.91 Å². The van der Waals surface area contributed by atoms with Crippen LogP contribution in [0.5, 0.6) is 0 Å². The summed E-state index contributed by atoms with van der Waals surface area (Å²) < 4.78 is 5.08. The summed E-state index contributed by atoms with van der Waals surface area (Å²) in [7, 11) is 1.76. The quantitative estimate of drug-likeness (QED) is 0.616. The van der Waals surface area contributed by atoms with E-state index in [-0.39, 0.29) is 18.3 Å². The van der Waals surface area contributed by atoms with Crippen LogP contribution in [0.4, 0.5) is 0 Å². The Balaban J connectivity index is 0. The maximum atomic E-state index is 11.4. The molecule has 0 aliphatic rings. The van der Waals surface area contributed by atoms with Crippen molar-refractivity contribution in [2.45, 2.75) is 47.0 Å². The number of amides is 1. The van der Waals surface area contributed by atoms with Crippen LogP contribution in [0, 0.1) is 0 Å². The summed E-state index contributed by atoms with van der Waals surface area (Å²) >= 11 is 0. The summed E-state index contributed by atoms with van der Waals surface area (Å²) in [6.07, 6.45) is 2.55. The number of hydrogen-bond acceptors (Lipinski definition) is 3. The van der Waals surface area contributed by atoms with E-state index in [4.69, 9.17) is 4.74 Å². The van der Waals surface area contributed by atoms with Crippen molar-refractivity contribution in [3.8, 4) is 0 Å². The number of Topliss-reactive ketones (excluding diaryl/α,β-unsaturated/α-hetero) is 1. The lowest BCUT2D eigenvalue weighted by Crippen LogP contribution is -2.30. The highest BCUT2D eigenvalue weighted by atomic mass is 16.5. The first-order valence-corrected chi connectivity index (χ1v) is 6.39. The Hall–Kier alpha value is -0.900. The zero-order valence-corrected chi connectivity index (χ0v) is 11.9. The number of carbonyl (C=O) groups excluding carboxylic acids is 2. The van der Waals surface area contributed by atoms with Crippen LogP contribution in [-0.4, -0.2) is 43.4 Å². The van der Waals surface area contributed by atoms with Gasteiger partial charge in [0.05, 0.1) is 6.61 Å². The van der Waals surface area contributed by atoms with Gasteiger partial charge >= 0.3 is 0 Å². The molecule has 0 saturated carbocycles. The molecule has 4 heteroatoms. The second-order valence-corrected chi connectivity index (χ2v) is 3.67. The first-order valence-electron chi connectivity index (χ1n) is 6.39. The van der Waals surface area contributed by atoms with Gasteiger partial charge in [-0.3, -0.25) is 9.59 Å². The molecule has 17 heavy (non-hydrogen) atoms. The number of likely N-dealkylation sites (N-methyl/N-ethyl adjacent to an activating group) is 1. The summed E-state index contributed by atoms with van der Waals surface area (Å²) in [6.45, 7) is 8.65. The van der Waals surface area contributed by atoms with Crippen molar-refractivity contribution in [2.75, 3.05) is 26.8 Å². The van der Waals surface area contributed by atoms with Crippen molar-refractivity contribution < 1.29 is 14.3 Å². The summed E-state index contributed by atoms with van der Waals surface area (Å²) in [5.41, 5.74) is 0. The topological polar surface area (TPSA) is 46.6 Å². The van der Waals surface area contributed by atoms with Crippen LogP contribution in [0.15, 0.2) is 0 Å². The van der Waals surface area contributed by atoms with Crippen LogP contribution >= 0.6 is 0 Å². The van der Waals surface area contributed by atoms with Crippen molar-refractivity contribution in [1.82, 2.24) is 4.90 Å². The largest absolute Gasteiger partial charge is 0.372 e. The molecule has 0 aromatic rings. The molecule has 0 aliphatic carbocycles. The Morgan fingerprint density at radius 2 is 1.82 bits per heavy atom. The number of unbranched alkanes of at least 4 members (excludes halogenated alkanes) is 1. The summed E-state index contributed by atoms with van der Waals surface area (Å²) in [4.78, 5) is 23.6. The molecule has 0 aliphatic heterocycles. The average Bonchev–Trinajstić information content (AvgIpc) is 2.33. The lowest BCUT2D eigenvalue weighted by Gasteiger charge is -2.16. The minimum atomic E-state index is 0.00922. The maximum Gasteiger partial charge on any atom is 0.222 e. The van der Waals surface area contributed by atoms with E-state index < -0.39 is 0 Å². The minimum absolute atomic E-state index is 0.00922. The molecular formula is C13H27NO3. The number of nitrogens with zero attached hydrogens (tertiary/aromatic N) is 1. The third-order valence-corrected chi connectivity index (χ3v) is 2.05. The van der Waals surface area contributed by atoms with Gasteiger partial charge in [0.25, 0.3) is 0 Å². The van der Waals surface area contributed by atoms with Crippen LogP contribution in [0.2, 0.25) is 0 Å². The van der Waals surface area contributed by atoms with E-state index in [2.05, 4.69) is 6.92 Å². The van der Waals surface area contributed by atoms with Crippen LogP contribution in [0.1, 0.15) is 47.0 Å². The number of rotatable bonds is 8. The second-order valence-electron chi connectivity index (χ2n) is 3.67. The SMILES string of the molecule is CC.CCCCC(=O)N(C)CCOCC(C)=O. The minimum Gasteiger partial charge on any atom is -0.372 e. The number of ether oxygens (including phenoxy) is 1. The van der Waals surface area contributed by atoms with Crippen molar-refractivity contribution in [2.24, 2.45) is 0 Å². The molecule has 0 unspecified atom stereocenters. The van der Waals surface area contributed by atoms with Gasteiger partial charge in [-0.2, -0.15) is 0 Å². The fourth-order valence-electron chi connectivity index (χ4n) is 1.06. The average molecular weight is 245 g/mol. The summed E-state index contributed by atoms with van der Waals surface area (Å²) in [6, 6.07) is 0. The first kappa shape index (κ1) is 18.5. The molecule has 0 rings (SSSR count). The van der Waals surface area contributed by atoms with Crippen molar-refractivity contribution in [1.29, 1.82) is 0 Å².